The Balaban J connectivity index is 2.29. The van der Waals surface area contributed by atoms with E-state index in [0.29, 0.717) is 30.4 Å². The second-order valence-corrected chi connectivity index (χ2v) is 4.00. The van der Waals surface area contributed by atoms with Crippen molar-refractivity contribution < 1.29 is 19.0 Å². The molecular formula is C14H17NO4. The van der Waals surface area contributed by atoms with Gasteiger partial charge in [-0.05, 0) is 26.0 Å². The molecule has 1 aliphatic rings. The molecule has 1 amide bonds. The Hall–Kier alpha value is -2.01. The largest absolute Gasteiger partial charge is 0.490 e. The van der Waals surface area contributed by atoms with E-state index in [-0.39, 0.29) is 12.7 Å². The number of hydrogen-bond donors (Lipinski definition) is 1. The van der Waals surface area contributed by atoms with Crippen LogP contribution >= 0.6 is 0 Å². The molecule has 0 unspecified atom stereocenters. The topological polar surface area (TPSA) is 56.8 Å². The van der Waals surface area contributed by atoms with Gasteiger partial charge < -0.3 is 19.5 Å². The molecular weight excluding hydrogens is 246 g/mol. The fraction of sp³-hybridized carbons (Fsp3) is 0.357. The Morgan fingerprint density at radius 2 is 2.37 bits per heavy atom. The number of allylic oxidation sites excluding steroid dienone is 1. The molecule has 0 aromatic heterocycles. The molecule has 102 valence electrons. The lowest BCUT2D eigenvalue weighted by Crippen LogP contribution is -2.14. The van der Waals surface area contributed by atoms with E-state index in [4.69, 9.17) is 14.2 Å². The first-order chi connectivity index (χ1) is 9.24. The fourth-order valence-electron chi connectivity index (χ4n) is 1.85. The minimum Gasteiger partial charge on any atom is -0.490 e. The maximum absolute atomic E-state index is 11.5. The number of nitrogens with one attached hydrogen (secondary N) is 1. The Labute approximate surface area is 112 Å². The van der Waals surface area contributed by atoms with Gasteiger partial charge in [-0.1, -0.05) is 6.08 Å². The number of anilines is 1. The van der Waals surface area contributed by atoms with E-state index in [2.05, 4.69) is 5.32 Å². The molecule has 0 bridgehead atoms. The second kappa shape index (κ2) is 6.24. The van der Waals surface area contributed by atoms with Crippen molar-refractivity contribution in [1.29, 1.82) is 0 Å². The minimum absolute atomic E-state index is 0.178. The first-order valence-electron chi connectivity index (χ1n) is 6.18. The average molecular weight is 263 g/mol. The number of carbonyl (C=O) groups excluding carboxylic acids is 1. The predicted molar refractivity (Wildman–Crippen MR) is 71.3 cm³/mol. The van der Waals surface area contributed by atoms with Crippen LogP contribution in [0, 0.1) is 0 Å². The molecule has 0 saturated carbocycles. The van der Waals surface area contributed by atoms with Crippen molar-refractivity contribution in [3.63, 3.8) is 0 Å². The van der Waals surface area contributed by atoms with E-state index in [1.165, 1.54) is 6.08 Å². The van der Waals surface area contributed by atoms with Crippen LogP contribution in [0.4, 0.5) is 5.69 Å². The normalized spacial score (nSPS) is 13.8. The smallest absolute Gasteiger partial charge is 0.248 e. The minimum atomic E-state index is -0.178. The zero-order valence-corrected chi connectivity index (χ0v) is 11.1. The quantitative estimate of drug-likeness (QED) is 0.848. The summed E-state index contributed by atoms with van der Waals surface area (Å²) in [5.74, 6) is 1.14. The lowest BCUT2D eigenvalue weighted by atomic mass is 10.1. The molecule has 0 atom stereocenters. The molecule has 1 aliphatic heterocycles. The lowest BCUT2D eigenvalue weighted by Gasteiger charge is -2.21. The van der Waals surface area contributed by atoms with Gasteiger partial charge in [0.05, 0.1) is 13.2 Å². The summed E-state index contributed by atoms with van der Waals surface area (Å²) < 4.78 is 16.2. The maximum Gasteiger partial charge on any atom is 0.248 e. The summed E-state index contributed by atoms with van der Waals surface area (Å²) in [5.41, 5.74) is 1.53. The predicted octanol–water partition coefficient (Wildman–Crippen LogP) is 2.47. The molecule has 0 radical (unpaired) electrons. The number of amides is 1. The highest BCUT2D eigenvalue weighted by molar-refractivity contribution is 5.99. The van der Waals surface area contributed by atoms with Crippen molar-refractivity contribution in [2.75, 3.05) is 18.7 Å². The molecule has 0 saturated heterocycles. The summed E-state index contributed by atoms with van der Waals surface area (Å²) in [6.45, 7) is 4.89. The van der Waals surface area contributed by atoms with Gasteiger partial charge in [-0.15, -0.1) is 0 Å². The van der Waals surface area contributed by atoms with Crippen LogP contribution < -0.4 is 14.8 Å². The highest BCUT2D eigenvalue weighted by Crippen LogP contribution is 2.37. The molecule has 0 spiro atoms. The van der Waals surface area contributed by atoms with Gasteiger partial charge in [-0.2, -0.15) is 0 Å². The van der Waals surface area contributed by atoms with E-state index < -0.39 is 0 Å². The third-order valence-electron chi connectivity index (χ3n) is 2.56. The summed E-state index contributed by atoms with van der Waals surface area (Å²) in [6, 6.07) is 3.59. The van der Waals surface area contributed by atoms with Gasteiger partial charge >= 0.3 is 0 Å². The molecule has 1 aromatic carbocycles. The van der Waals surface area contributed by atoms with Crippen molar-refractivity contribution >= 4 is 11.6 Å². The number of fused-ring (bicyclic) bond motifs is 1. The van der Waals surface area contributed by atoms with Gasteiger partial charge in [-0.25, -0.2) is 0 Å². The van der Waals surface area contributed by atoms with E-state index in [1.807, 2.05) is 13.0 Å². The number of ether oxygens (including phenoxy) is 3. The third-order valence-corrected chi connectivity index (χ3v) is 2.56. The van der Waals surface area contributed by atoms with Crippen molar-refractivity contribution in [3.8, 4) is 11.5 Å². The molecule has 2 rings (SSSR count). The highest BCUT2D eigenvalue weighted by atomic mass is 16.7. The van der Waals surface area contributed by atoms with Crippen molar-refractivity contribution in [2.24, 2.45) is 0 Å². The Morgan fingerprint density at radius 1 is 1.53 bits per heavy atom. The van der Waals surface area contributed by atoms with E-state index in [0.717, 1.165) is 5.56 Å². The van der Waals surface area contributed by atoms with Crippen LogP contribution in [0.25, 0.3) is 0 Å². The summed E-state index contributed by atoms with van der Waals surface area (Å²) in [6.07, 6.45) is 3.15. The third kappa shape index (κ3) is 3.26. The number of rotatable bonds is 4. The number of benzene rings is 1. The van der Waals surface area contributed by atoms with Crippen LogP contribution in [-0.2, 0) is 16.1 Å². The number of hydrogen-bond acceptors (Lipinski definition) is 4. The second-order valence-electron chi connectivity index (χ2n) is 4.00. The molecule has 19 heavy (non-hydrogen) atoms. The summed E-state index contributed by atoms with van der Waals surface area (Å²) >= 11 is 0. The zero-order valence-electron chi connectivity index (χ0n) is 11.1. The van der Waals surface area contributed by atoms with Gasteiger partial charge in [0.25, 0.3) is 0 Å². The monoisotopic (exact) mass is 263 g/mol. The zero-order chi connectivity index (χ0) is 13.7. The standard InChI is InChI=1S/C14H17NO4/c1-3-5-13(16)15-11-6-10-8-17-9-19-14(10)12(7-11)18-4-2/h3,5-7H,4,8-9H2,1-2H3,(H,15,16). The lowest BCUT2D eigenvalue weighted by molar-refractivity contribution is -0.111. The molecule has 0 aliphatic carbocycles. The van der Waals surface area contributed by atoms with Crippen LogP contribution in [-0.4, -0.2) is 19.3 Å². The highest BCUT2D eigenvalue weighted by Gasteiger charge is 2.18. The van der Waals surface area contributed by atoms with Crippen molar-refractivity contribution in [2.45, 2.75) is 20.5 Å². The van der Waals surface area contributed by atoms with Crippen LogP contribution in [0.3, 0.4) is 0 Å². The van der Waals surface area contributed by atoms with Crippen LogP contribution in [0.15, 0.2) is 24.3 Å². The van der Waals surface area contributed by atoms with Gasteiger partial charge in [0.2, 0.25) is 5.91 Å². The molecule has 5 heteroatoms. The van der Waals surface area contributed by atoms with E-state index in [1.54, 1.807) is 19.1 Å². The van der Waals surface area contributed by atoms with Crippen LogP contribution in [0.5, 0.6) is 11.5 Å². The average Bonchev–Trinajstić information content (AvgIpc) is 2.39. The molecule has 1 aromatic rings. The van der Waals surface area contributed by atoms with E-state index in [9.17, 15) is 4.79 Å². The molecule has 1 heterocycles. The van der Waals surface area contributed by atoms with E-state index >= 15 is 0 Å². The molecule has 0 fully saturated rings. The van der Waals surface area contributed by atoms with Gasteiger partial charge in [0.15, 0.2) is 18.3 Å². The summed E-state index contributed by atoms with van der Waals surface area (Å²) in [5, 5.41) is 2.77. The van der Waals surface area contributed by atoms with Gasteiger partial charge in [0.1, 0.15) is 0 Å². The molecule has 1 N–H and O–H groups in total. The first-order valence-corrected chi connectivity index (χ1v) is 6.18. The van der Waals surface area contributed by atoms with Gasteiger partial charge in [0, 0.05) is 17.3 Å². The maximum atomic E-state index is 11.5. The Bertz CT molecular complexity index is 496. The summed E-state index contributed by atoms with van der Waals surface area (Å²) in [7, 11) is 0. The van der Waals surface area contributed by atoms with Crippen molar-refractivity contribution in [1.82, 2.24) is 0 Å². The Morgan fingerprint density at radius 3 is 3.11 bits per heavy atom. The summed E-state index contributed by atoms with van der Waals surface area (Å²) in [4.78, 5) is 11.5. The first kappa shape index (κ1) is 13.4. The van der Waals surface area contributed by atoms with Gasteiger partial charge in [-0.3, -0.25) is 4.79 Å². The molecule has 5 nitrogen and oxygen atoms in total. The fourth-order valence-corrected chi connectivity index (χ4v) is 1.85. The Kier molecular flexibility index (Phi) is 4.41. The number of carbonyl (C=O) groups is 1. The van der Waals surface area contributed by atoms with Crippen molar-refractivity contribution in [3.05, 3.63) is 29.8 Å². The SMILES string of the molecule is CC=CC(=O)Nc1cc2c(c(OCC)c1)OCOC2. The van der Waals surface area contributed by atoms with Crippen LogP contribution in [0.1, 0.15) is 19.4 Å². The van der Waals surface area contributed by atoms with Crippen LogP contribution in [0.2, 0.25) is 0 Å².